The number of anilines is 3. The molecular weight excluding hydrogens is 735 g/mol. The van der Waals surface area contributed by atoms with Crippen LogP contribution in [0.1, 0.15) is 99.9 Å². The fourth-order valence-corrected chi connectivity index (χ4v) is 10.5. The molecule has 10 rings (SSSR count). The zero-order chi connectivity index (χ0) is 42.3. The SMILES string of the molecule is CC(C)(C)c1cc2c(c(C(C)(C)C)c1)C(c1ccccc1)(c1ccccc1)c1ccc(N(c3ccc(-c4ccccc4)cc3)c3ccc4c(c3)C(C)(C)c3ccccc3-4)cc1-2. The Hall–Kier alpha value is -6.44. The van der Waals surface area contributed by atoms with Crippen molar-refractivity contribution in [3.05, 3.63) is 233 Å². The fraction of sp³-hybridized carbons (Fsp3) is 0.200. The number of nitrogens with zero attached hydrogens (tertiary/aromatic N) is 1. The third kappa shape index (κ3) is 6.12. The molecule has 0 N–H and O–H groups in total. The number of hydrogen-bond acceptors (Lipinski definition) is 1. The van der Waals surface area contributed by atoms with Gasteiger partial charge in [-0.25, -0.2) is 0 Å². The largest absolute Gasteiger partial charge is 0.310 e. The Bertz CT molecular complexity index is 2880. The molecule has 2 aliphatic rings. The van der Waals surface area contributed by atoms with Crippen LogP contribution in [0.5, 0.6) is 0 Å². The van der Waals surface area contributed by atoms with E-state index >= 15 is 0 Å². The average molecular weight is 790 g/mol. The summed E-state index contributed by atoms with van der Waals surface area (Å²) in [5.41, 5.74) is 21.1. The maximum atomic E-state index is 2.52. The van der Waals surface area contributed by atoms with Crippen LogP contribution in [0.3, 0.4) is 0 Å². The van der Waals surface area contributed by atoms with Crippen molar-refractivity contribution in [2.45, 2.75) is 77.0 Å². The number of benzene rings is 8. The van der Waals surface area contributed by atoms with Crippen molar-refractivity contribution in [1.82, 2.24) is 0 Å². The molecule has 0 unspecified atom stereocenters. The molecule has 61 heavy (non-hydrogen) atoms. The molecule has 1 heteroatoms. The quantitative estimate of drug-likeness (QED) is 0.162. The van der Waals surface area contributed by atoms with Gasteiger partial charge in [-0.2, -0.15) is 0 Å². The monoisotopic (exact) mass is 789 g/mol. The van der Waals surface area contributed by atoms with Crippen LogP contribution >= 0.6 is 0 Å². The van der Waals surface area contributed by atoms with Gasteiger partial charge in [-0.1, -0.05) is 207 Å². The van der Waals surface area contributed by atoms with Crippen molar-refractivity contribution >= 4 is 17.1 Å². The molecule has 0 aromatic heterocycles. The van der Waals surface area contributed by atoms with Crippen LogP contribution in [0.4, 0.5) is 17.1 Å². The second-order valence-electron chi connectivity index (χ2n) is 19.8. The summed E-state index contributed by atoms with van der Waals surface area (Å²) in [7, 11) is 0. The Morgan fingerprint density at radius 3 is 1.52 bits per heavy atom. The molecule has 0 heterocycles. The Balaban J connectivity index is 1.26. The van der Waals surface area contributed by atoms with E-state index in [1.807, 2.05) is 0 Å². The second kappa shape index (κ2) is 14.1. The highest BCUT2D eigenvalue weighted by molar-refractivity contribution is 5.93. The van der Waals surface area contributed by atoms with Crippen LogP contribution in [0.15, 0.2) is 188 Å². The maximum Gasteiger partial charge on any atom is 0.0716 e. The zero-order valence-electron chi connectivity index (χ0n) is 36.8. The lowest BCUT2D eigenvalue weighted by Crippen LogP contribution is -2.32. The van der Waals surface area contributed by atoms with E-state index in [2.05, 4.69) is 248 Å². The van der Waals surface area contributed by atoms with Crippen molar-refractivity contribution in [3.63, 3.8) is 0 Å². The molecule has 2 aliphatic carbocycles. The summed E-state index contributed by atoms with van der Waals surface area (Å²) in [6, 6.07) is 70.8. The molecule has 1 nitrogen and oxygen atoms in total. The molecule has 0 saturated carbocycles. The zero-order valence-corrected chi connectivity index (χ0v) is 36.8. The van der Waals surface area contributed by atoms with Crippen LogP contribution < -0.4 is 4.90 Å². The van der Waals surface area contributed by atoms with Crippen molar-refractivity contribution < 1.29 is 0 Å². The number of hydrogen-bond donors (Lipinski definition) is 0. The summed E-state index contributed by atoms with van der Waals surface area (Å²) in [6.45, 7) is 19.0. The van der Waals surface area contributed by atoms with Gasteiger partial charge < -0.3 is 4.90 Å². The molecule has 8 aromatic carbocycles. The first-order valence-corrected chi connectivity index (χ1v) is 21.9. The van der Waals surface area contributed by atoms with E-state index < -0.39 is 5.41 Å². The lowest BCUT2D eigenvalue weighted by molar-refractivity contribution is 0.557. The average Bonchev–Trinajstić information content (AvgIpc) is 3.69. The summed E-state index contributed by atoms with van der Waals surface area (Å²) in [5.74, 6) is 0. The van der Waals surface area contributed by atoms with E-state index in [1.54, 1.807) is 0 Å². The van der Waals surface area contributed by atoms with Gasteiger partial charge in [0.1, 0.15) is 0 Å². The third-order valence-electron chi connectivity index (χ3n) is 13.6. The highest BCUT2D eigenvalue weighted by Gasteiger charge is 2.49. The Morgan fingerprint density at radius 2 is 0.902 bits per heavy atom. The topological polar surface area (TPSA) is 3.24 Å². The third-order valence-corrected chi connectivity index (χ3v) is 13.6. The molecule has 300 valence electrons. The molecule has 0 amide bonds. The van der Waals surface area contributed by atoms with Crippen LogP contribution in [0, 0.1) is 0 Å². The van der Waals surface area contributed by atoms with Gasteiger partial charge in [0, 0.05) is 22.5 Å². The van der Waals surface area contributed by atoms with Gasteiger partial charge in [-0.15, -0.1) is 0 Å². The Morgan fingerprint density at radius 1 is 0.377 bits per heavy atom. The highest BCUT2D eigenvalue weighted by atomic mass is 15.1. The van der Waals surface area contributed by atoms with Crippen LogP contribution in [-0.4, -0.2) is 0 Å². The van der Waals surface area contributed by atoms with Gasteiger partial charge in [0.15, 0.2) is 0 Å². The summed E-state index contributed by atoms with van der Waals surface area (Å²) in [4.78, 5) is 2.48. The van der Waals surface area contributed by atoms with Gasteiger partial charge in [0.05, 0.1) is 5.41 Å². The van der Waals surface area contributed by atoms with Crippen molar-refractivity contribution in [2.24, 2.45) is 0 Å². The lowest BCUT2D eigenvalue weighted by atomic mass is 9.63. The predicted octanol–water partition coefficient (Wildman–Crippen LogP) is 16.1. The van der Waals surface area contributed by atoms with Crippen LogP contribution in [0.2, 0.25) is 0 Å². The molecule has 0 atom stereocenters. The van der Waals surface area contributed by atoms with Crippen LogP contribution in [-0.2, 0) is 21.7 Å². The van der Waals surface area contributed by atoms with E-state index in [1.165, 1.54) is 77.9 Å². The fourth-order valence-electron chi connectivity index (χ4n) is 10.5. The standard InChI is InChI=1S/C60H55N/c1-57(2,3)44-36-51-50-38-46(33-35-53(50)60(42-22-14-10-15-23-42,43-24-16-11-17-25-43)56(51)55(37-44)58(4,5)6)61(45-30-28-41(29-31-45)40-20-12-9-13-21-40)47-32-34-49-48-26-18-19-27-52(48)59(7,8)54(49)39-47/h9-39H,1-8H3. The number of rotatable bonds is 6. The Labute approximate surface area is 363 Å². The molecule has 0 aliphatic heterocycles. The van der Waals surface area contributed by atoms with Gasteiger partial charge in [0.25, 0.3) is 0 Å². The predicted molar refractivity (Wildman–Crippen MR) is 259 cm³/mol. The van der Waals surface area contributed by atoms with Crippen LogP contribution in [0.25, 0.3) is 33.4 Å². The maximum absolute atomic E-state index is 2.52. The summed E-state index contributed by atoms with van der Waals surface area (Å²) in [5, 5.41) is 0. The minimum Gasteiger partial charge on any atom is -0.310 e. The van der Waals surface area contributed by atoms with E-state index in [0.717, 1.165) is 17.1 Å². The first kappa shape index (κ1) is 38.7. The minimum atomic E-state index is -0.518. The van der Waals surface area contributed by atoms with Crippen molar-refractivity contribution in [3.8, 4) is 33.4 Å². The second-order valence-corrected chi connectivity index (χ2v) is 19.8. The van der Waals surface area contributed by atoms with Crippen molar-refractivity contribution in [1.29, 1.82) is 0 Å². The van der Waals surface area contributed by atoms with E-state index in [4.69, 9.17) is 0 Å². The molecular formula is C60H55N. The molecule has 0 bridgehead atoms. The number of fused-ring (bicyclic) bond motifs is 6. The molecule has 0 fully saturated rings. The molecule has 0 radical (unpaired) electrons. The first-order valence-electron chi connectivity index (χ1n) is 21.9. The molecule has 8 aromatic rings. The van der Waals surface area contributed by atoms with E-state index in [-0.39, 0.29) is 16.2 Å². The molecule has 0 saturated heterocycles. The van der Waals surface area contributed by atoms with Gasteiger partial charge in [-0.05, 0) is 125 Å². The lowest BCUT2D eigenvalue weighted by Gasteiger charge is -2.38. The summed E-state index contributed by atoms with van der Waals surface area (Å²) in [6.07, 6.45) is 0. The smallest absolute Gasteiger partial charge is 0.0716 e. The van der Waals surface area contributed by atoms with E-state index in [9.17, 15) is 0 Å². The minimum absolute atomic E-state index is 0.0428. The van der Waals surface area contributed by atoms with Crippen molar-refractivity contribution in [2.75, 3.05) is 4.90 Å². The van der Waals surface area contributed by atoms with Gasteiger partial charge >= 0.3 is 0 Å². The summed E-state index contributed by atoms with van der Waals surface area (Å²) < 4.78 is 0. The normalized spacial score (nSPS) is 14.5. The first-order chi connectivity index (χ1) is 29.3. The van der Waals surface area contributed by atoms with Gasteiger partial charge in [-0.3, -0.25) is 0 Å². The highest BCUT2D eigenvalue weighted by Crippen LogP contribution is 2.60. The van der Waals surface area contributed by atoms with Gasteiger partial charge in [0.2, 0.25) is 0 Å². The summed E-state index contributed by atoms with van der Waals surface area (Å²) >= 11 is 0. The van der Waals surface area contributed by atoms with E-state index in [0.29, 0.717) is 0 Å². The Kier molecular flexibility index (Phi) is 8.93. The molecule has 0 spiro atoms.